The molecule has 4 aromatic carbocycles. The van der Waals surface area contributed by atoms with Crippen LogP contribution >= 0.6 is 23.2 Å². The van der Waals surface area contributed by atoms with E-state index in [9.17, 15) is 18.0 Å². The SMILES string of the molecule is CC[C@@H](C)NC(=O)[C@@H](Cc1ccccc1)N(Cc1ccc(Cl)cc1Cl)C(=O)CN(c1cc(C)ccc1C)S(=O)(=O)c1ccccc1. The lowest BCUT2D eigenvalue weighted by atomic mass is 10.0. The van der Waals surface area contributed by atoms with Gasteiger partial charge in [0.25, 0.3) is 10.0 Å². The maximum absolute atomic E-state index is 14.6. The van der Waals surface area contributed by atoms with Crippen LogP contribution in [0.4, 0.5) is 5.69 Å². The number of carbonyl (C=O) groups is 2. The Kier molecular flexibility index (Phi) is 11.9. The van der Waals surface area contributed by atoms with Gasteiger partial charge in [-0.2, -0.15) is 0 Å². The van der Waals surface area contributed by atoms with Crippen molar-refractivity contribution in [1.29, 1.82) is 0 Å². The summed E-state index contributed by atoms with van der Waals surface area (Å²) in [5.74, 6) is -0.910. The molecule has 0 unspecified atom stereocenters. The number of anilines is 1. The minimum atomic E-state index is -4.19. The Morgan fingerprint density at radius 2 is 1.52 bits per heavy atom. The number of hydrogen-bond donors (Lipinski definition) is 1. The minimum absolute atomic E-state index is 0.0475. The third kappa shape index (κ3) is 8.69. The molecule has 2 amide bonds. The van der Waals surface area contributed by atoms with Crippen LogP contribution in [0.15, 0.2) is 102 Å². The van der Waals surface area contributed by atoms with E-state index in [2.05, 4.69) is 5.32 Å². The third-order valence-electron chi connectivity index (χ3n) is 7.87. The number of rotatable bonds is 13. The Balaban J connectivity index is 1.85. The molecular weight excluding hydrogens is 641 g/mol. The first kappa shape index (κ1) is 35.0. The van der Waals surface area contributed by atoms with E-state index in [4.69, 9.17) is 23.2 Å². The lowest BCUT2D eigenvalue weighted by molar-refractivity contribution is -0.140. The van der Waals surface area contributed by atoms with E-state index in [0.29, 0.717) is 33.3 Å². The second-order valence-corrected chi connectivity index (χ2v) is 14.1. The predicted octanol–water partition coefficient (Wildman–Crippen LogP) is 7.36. The summed E-state index contributed by atoms with van der Waals surface area (Å²) in [5, 5.41) is 3.79. The largest absolute Gasteiger partial charge is 0.352 e. The fourth-order valence-electron chi connectivity index (χ4n) is 5.05. The molecule has 0 fully saturated rings. The molecule has 4 aromatic rings. The van der Waals surface area contributed by atoms with Crippen molar-refractivity contribution in [3.8, 4) is 0 Å². The molecule has 4 rings (SSSR count). The molecule has 0 saturated carbocycles. The zero-order chi connectivity index (χ0) is 33.4. The van der Waals surface area contributed by atoms with Gasteiger partial charge < -0.3 is 10.2 Å². The highest BCUT2D eigenvalue weighted by molar-refractivity contribution is 7.92. The van der Waals surface area contributed by atoms with Crippen LogP contribution in [0.25, 0.3) is 0 Å². The number of benzene rings is 4. The molecule has 0 aliphatic carbocycles. The molecule has 0 bridgehead atoms. The van der Waals surface area contributed by atoms with Crippen molar-refractivity contribution in [2.75, 3.05) is 10.8 Å². The highest BCUT2D eigenvalue weighted by Crippen LogP contribution is 2.29. The Labute approximate surface area is 282 Å². The number of amides is 2. The number of nitrogens with zero attached hydrogens (tertiary/aromatic N) is 2. The van der Waals surface area contributed by atoms with Gasteiger partial charge in [-0.1, -0.05) is 96.9 Å². The van der Waals surface area contributed by atoms with Gasteiger partial charge in [0, 0.05) is 29.1 Å². The molecule has 1 N–H and O–H groups in total. The Morgan fingerprint density at radius 1 is 0.870 bits per heavy atom. The molecular formula is C36H39Cl2N3O4S. The monoisotopic (exact) mass is 679 g/mol. The van der Waals surface area contributed by atoms with Crippen molar-refractivity contribution in [2.45, 2.75) is 64.1 Å². The molecule has 0 aliphatic heterocycles. The van der Waals surface area contributed by atoms with Crippen LogP contribution < -0.4 is 9.62 Å². The van der Waals surface area contributed by atoms with Gasteiger partial charge >= 0.3 is 0 Å². The summed E-state index contributed by atoms with van der Waals surface area (Å²) in [7, 11) is -4.19. The normalized spacial score (nSPS) is 12.7. The van der Waals surface area contributed by atoms with Gasteiger partial charge in [-0.25, -0.2) is 8.42 Å². The van der Waals surface area contributed by atoms with Gasteiger partial charge in [0.05, 0.1) is 10.6 Å². The summed E-state index contributed by atoms with van der Waals surface area (Å²) in [6.45, 7) is 6.93. The van der Waals surface area contributed by atoms with Gasteiger partial charge in [0.1, 0.15) is 12.6 Å². The van der Waals surface area contributed by atoms with E-state index in [0.717, 1.165) is 15.4 Å². The van der Waals surface area contributed by atoms with E-state index in [1.165, 1.54) is 17.0 Å². The summed E-state index contributed by atoms with van der Waals surface area (Å²) >= 11 is 12.8. The Bertz CT molecular complexity index is 1770. The molecule has 0 heterocycles. The Morgan fingerprint density at radius 3 is 2.15 bits per heavy atom. The number of aryl methyl sites for hydroxylation is 2. The summed E-state index contributed by atoms with van der Waals surface area (Å²) in [6, 6.07) is 26.7. The second kappa shape index (κ2) is 15.6. The highest BCUT2D eigenvalue weighted by atomic mass is 35.5. The zero-order valence-electron chi connectivity index (χ0n) is 26.4. The van der Waals surface area contributed by atoms with E-state index >= 15 is 0 Å². The van der Waals surface area contributed by atoms with Gasteiger partial charge in [0.15, 0.2) is 0 Å². The maximum Gasteiger partial charge on any atom is 0.264 e. The van der Waals surface area contributed by atoms with Gasteiger partial charge in [-0.15, -0.1) is 0 Å². The van der Waals surface area contributed by atoms with Gasteiger partial charge in [-0.3, -0.25) is 13.9 Å². The number of sulfonamides is 1. The van der Waals surface area contributed by atoms with E-state index in [1.54, 1.807) is 49.4 Å². The van der Waals surface area contributed by atoms with Crippen molar-refractivity contribution >= 4 is 50.7 Å². The van der Waals surface area contributed by atoms with Crippen LogP contribution in [-0.4, -0.2) is 43.8 Å². The van der Waals surface area contributed by atoms with Crippen LogP contribution in [0.1, 0.15) is 42.5 Å². The number of carbonyl (C=O) groups excluding carboxylic acids is 2. The van der Waals surface area contributed by atoms with Gasteiger partial charge in [-0.05, 0) is 79.8 Å². The van der Waals surface area contributed by atoms with Crippen LogP contribution in [0.3, 0.4) is 0 Å². The fraction of sp³-hybridized carbons (Fsp3) is 0.278. The summed E-state index contributed by atoms with van der Waals surface area (Å²) in [4.78, 5) is 30.1. The number of hydrogen-bond acceptors (Lipinski definition) is 4. The molecule has 0 aromatic heterocycles. The number of halogens is 2. The van der Waals surface area contributed by atoms with Crippen LogP contribution in [0.2, 0.25) is 10.0 Å². The first-order valence-corrected chi connectivity index (χ1v) is 17.3. The number of nitrogens with one attached hydrogen (secondary N) is 1. The molecule has 0 spiro atoms. The fourth-order valence-corrected chi connectivity index (χ4v) is 7.01. The highest BCUT2D eigenvalue weighted by Gasteiger charge is 2.35. The minimum Gasteiger partial charge on any atom is -0.352 e. The van der Waals surface area contributed by atoms with E-state index in [-0.39, 0.29) is 29.8 Å². The van der Waals surface area contributed by atoms with Crippen LogP contribution in [0, 0.1) is 13.8 Å². The first-order valence-electron chi connectivity index (χ1n) is 15.1. The standard InChI is InChI=1S/C36H39Cl2N3O4S/c1-5-27(4)39-36(43)34(21-28-12-8-6-9-13-28)40(23-29-18-19-30(37)22-32(29)38)35(42)24-41(33-20-25(2)16-17-26(33)3)46(44,45)31-14-10-7-11-15-31/h6-20,22,27,34H,5,21,23-24H2,1-4H3,(H,39,43)/t27-,34-/m1/s1. The lowest BCUT2D eigenvalue weighted by Crippen LogP contribution is -2.54. The average Bonchev–Trinajstić information content (AvgIpc) is 3.04. The summed E-state index contributed by atoms with van der Waals surface area (Å²) in [5.41, 5.74) is 3.31. The van der Waals surface area contributed by atoms with Crippen LogP contribution in [0.5, 0.6) is 0 Å². The summed E-state index contributed by atoms with van der Waals surface area (Å²) in [6.07, 6.45) is 0.894. The molecule has 46 heavy (non-hydrogen) atoms. The zero-order valence-corrected chi connectivity index (χ0v) is 28.7. The summed E-state index contributed by atoms with van der Waals surface area (Å²) < 4.78 is 29.6. The molecule has 7 nitrogen and oxygen atoms in total. The second-order valence-electron chi connectivity index (χ2n) is 11.4. The molecule has 242 valence electrons. The first-order chi connectivity index (χ1) is 21.9. The molecule has 0 saturated heterocycles. The molecule has 10 heteroatoms. The molecule has 0 radical (unpaired) electrons. The van der Waals surface area contributed by atoms with Crippen molar-refractivity contribution < 1.29 is 18.0 Å². The average molecular weight is 681 g/mol. The topological polar surface area (TPSA) is 86.8 Å². The third-order valence-corrected chi connectivity index (χ3v) is 10.2. The predicted molar refractivity (Wildman–Crippen MR) is 186 cm³/mol. The van der Waals surface area contributed by atoms with Crippen molar-refractivity contribution in [1.82, 2.24) is 10.2 Å². The van der Waals surface area contributed by atoms with Gasteiger partial charge in [0.2, 0.25) is 11.8 Å². The van der Waals surface area contributed by atoms with Crippen molar-refractivity contribution in [2.24, 2.45) is 0 Å². The molecule has 0 aliphatic rings. The smallest absolute Gasteiger partial charge is 0.264 e. The van der Waals surface area contributed by atoms with Crippen LogP contribution in [-0.2, 0) is 32.6 Å². The van der Waals surface area contributed by atoms with E-state index < -0.39 is 28.5 Å². The van der Waals surface area contributed by atoms with Crippen molar-refractivity contribution in [3.05, 3.63) is 129 Å². The van der Waals surface area contributed by atoms with E-state index in [1.807, 2.05) is 63.2 Å². The molecule has 2 atom stereocenters. The maximum atomic E-state index is 14.6. The quantitative estimate of drug-likeness (QED) is 0.160. The van der Waals surface area contributed by atoms with Crippen molar-refractivity contribution in [3.63, 3.8) is 0 Å². The lowest BCUT2D eigenvalue weighted by Gasteiger charge is -2.35. The Hall–Kier alpha value is -3.85.